The molecular weight excluding hydrogens is 371 g/mol. The molecule has 1 aliphatic heterocycles. The molecule has 148 valence electrons. The Hall–Kier alpha value is -3.19. The molecule has 1 saturated heterocycles. The van der Waals surface area contributed by atoms with E-state index in [1.165, 1.54) is 18.5 Å². The summed E-state index contributed by atoms with van der Waals surface area (Å²) >= 11 is 0. The molecule has 1 aliphatic rings. The molecule has 1 fully saturated rings. The Morgan fingerprint density at radius 1 is 1.07 bits per heavy atom. The first-order chi connectivity index (χ1) is 14.0. The number of piperidine rings is 1. The average molecular weight is 392 g/mol. The highest BCUT2D eigenvalue weighted by atomic mass is 19.1. The fourth-order valence-electron chi connectivity index (χ4n) is 3.67. The molecule has 1 N–H and O–H groups in total. The lowest BCUT2D eigenvalue weighted by atomic mass is 9.85. The molecular formula is C22H21FN4O2. The van der Waals surface area contributed by atoms with Crippen LogP contribution in [0.1, 0.15) is 28.8 Å². The Morgan fingerprint density at radius 2 is 1.83 bits per heavy atom. The zero-order valence-corrected chi connectivity index (χ0v) is 15.8. The number of pyridine rings is 1. The van der Waals surface area contributed by atoms with Crippen LogP contribution in [0.3, 0.4) is 0 Å². The molecule has 2 aromatic heterocycles. The molecule has 0 bridgehead atoms. The quantitative estimate of drug-likeness (QED) is 0.739. The number of rotatable bonds is 4. The lowest BCUT2D eigenvalue weighted by Crippen LogP contribution is -2.47. The molecule has 0 radical (unpaired) electrons. The number of carbonyl (C=O) groups is 1. The molecule has 3 aromatic rings. The van der Waals surface area contributed by atoms with Gasteiger partial charge in [0.25, 0.3) is 5.91 Å². The van der Waals surface area contributed by atoms with Gasteiger partial charge in [-0.1, -0.05) is 12.1 Å². The number of benzene rings is 1. The summed E-state index contributed by atoms with van der Waals surface area (Å²) in [6, 6.07) is 11.4. The second-order valence-electron chi connectivity index (χ2n) is 7.31. The summed E-state index contributed by atoms with van der Waals surface area (Å²) in [5.41, 5.74) is 1.57. The standard InChI is InChI=1S/C22H21FN4O2/c23-17-5-3-16(4-6-17)14-22(29)8-12-27(13-9-22)21(28)18-2-1-10-25-20(18)19-7-11-24-15-26-19/h1-7,10-11,15,29H,8-9,12-14H2. The van der Waals surface area contributed by atoms with Crippen molar-refractivity contribution in [2.24, 2.45) is 0 Å². The van der Waals surface area contributed by atoms with Gasteiger partial charge in [-0.2, -0.15) is 0 Å². The summed E-state index contributed by atoms with van der Waals surface area (Å²) in [6.45, 7) is 0.878. The second kappa shape index (κ2) is 8.05. The van der Waals surface area contributed by atoms with Crippen LogP contribution in [-0.4, -0.2) is 49.6 Å². The molecule has 3 heterocycles. The maximum absolute atomic E-state index is 13.1. The fraction of sp³-hybridized carbons (Fsp3) is 0.273. The van der Waals surface area contributed by atoms with E-state index in [2.05, 4.69) is 15.0 Å². The Bertz CT molecular complexity index is 987. The molecule has 1 amide bonds. The van der Waals surface area contributed by atoms with Crippen LogP contribution in [0.4, 0.5) is 4.39 Å². The normalized spacial score (nSPS) is 15.9. The van der Waals surface area contributed by atoms with Crippen LogP contribution in [-0.2, 0) is 6.42 Å². The van der Waals surface area contributed by atoms with E-state index < -0.39 is 5.60 Å². The summed E-state index contributed by atoms with van der Waals surface area (Å²) in [5.74, 6) is -0.423. The van der Waals surface area contributed by atoms with Crippen molar-refractivity contribution in [1.29, 1.82) is 0 Å². The molecule has 0 saturated carbocycles. The summed E-state index contributed by atoms with van der Waals surface area (Å²) in [4.78, 5) is 27.3. The lowest BCUT2D eigenvalue weighted by Gasteiger charge is -2.38. The van der Waals surface area contributed by atoms with E-state index in [1.807, 2.05) is 0 Å². The minimum atomic E-state index is -0.904. The highest BCUT2D eigenvalue weighted by Gasteiger charge is 2.35. The van der Waals surface area contributed by atoms with Crippen molar-refractivity contribution in [3.63, 3.8) is 0 Å². The first kappa shape index (κ1) is 19.1. The molecule has 4 rings (SSSR count). The summed E-state index contributed by atoms with van der Waals surface area (Å²) in [6.07, 6.45) is 6.02. The zero-order chi connectivity index (χ0) is 20.3. The fourth-order valence-corrected chi connectivity index (χ4v) is 3.67. The number of hydrogen-bond donors (Lipinski definition) is 1. The van der Waals surface area contributed by atoms with E-state index in [0.717, 1.165) is 5.56 Å². The smallest absolute Gasteiger partial charge is 0.256 e. The molecule has 0 spiro atoms. The summed E-state index contributed by atoms with van der Waals surface area (Å²) in [5, 5.41) is 10.9. The molecule has 1 aromatic carbocycles. The molecule has 6 nitrogen and oxygen atoms in total. The molecule has 29 heavy (non-hydrogen) atoms. The van der Waals surface area contributed by atoms with E-state index >= 15 is 0 Å². The van der Waals surface area contributed by atoms with Crippen LogP contribution >= 0.6 is 0 Å². The minimum absolute atomic E-state index is 0.129. The maximum Gasteiger partial charge on any atom is 0.256 e. The van der Waals surface area contributed by atoms with Gasteiger partial charge in [0.2, 0.25) is 0 Å². The van der Waals surface area contributed by atoms with Gasteiger partial charge in [0, 0.05) is 31.9 Å². The number of likely N-dealkylation sites (tertiary alicyclic amines) is 1. The van der Waals surface area contributed by atoms with Crippen molar-refractivity contribution < 1.29 is 14.3 Å². The van der Waals surface area contributed by atoms with E-state index in [-0.39, 0.29) is 11.7 Å². The van der Waals surface area contributed by atoms with Crippen molar-refractivity contribution in [2.75, 3.05) is 13.1 Å². The molecule has 0 aliphatic carbocycles. The number of amides is 1. The monoisotopic (exact) mass is 392 g/mol. The average Bonchev–Trinajstić information content (AvgIpc) is 2.76. The first-order valence-corrected chi connectivity index (χ1v) is 9.52. The van der Waals surface area contributed by atoms with Crippen LogP contribution in [0.2, 0.25) is 0 Å². The number of aliphatic hydroxyl groups is 1. The van der Waals surface area contributed by atoms with Crippen molar-refractivity contribution in [1.82, 2.24) is 19.9 Å². The third-order valence-electron chi connectivity index (χ3n) is 5.29. The Morgan fingerprint density at radius 3 is 2.52 bits per heavy atom. The van der Waals surface area contributed by atoms with Gasteiger partial charge in [-0.3, -0.25) is 9.78 Å². The van der Waals surface area contributed by atoms with Gasteiger partial charge in [-0.15, -0.1) is 0 Å². The van der Waals surface area contributed by atoms with Crippen molar-refractivity contribution in [2.45, 2.75) is 24.9 Å². The second-order valence-corrected chi connectivity index (χ2v) is 7.31. The van der Waals surface area contributed by atoms with Crippen LogP contribution in [0, 0.1) is 5.82 Å². The zero-order valence-electron chi connectivity index (χ0n) is 15.8. The van der Waals surface area contributed by atoms with Crippen molar-refractivity contribution in [3.05, 3.63) is 78.1 Å². The Balaban J connectivity index is 1.47. The van der Waals surface area contributed by atoms with Crippen LogP contribution in [0.25, 0.3) is 11.4 Å². The van der Waals surface area contributed by atoms with Crippen LogP contribution < -0.4 is 0 Å². The lowest BCUT2D eigenvalue weighted by molar-refractivity contribution is -0.0162. The Kier molecular flexibility index (Phi) is 5.31. The number of carbonyl (C=O) groups excluding carboxylic acids is 1. The van der Waals surface area contributed by atoms with Gasteiger partial charge in [0.1, 0.15) is 17.8 Å². The van der Waals surface area contributed by atoms with Gasteiger partial charge in [-0.25, -0.2) is 14.4 Å². The van der Waals surface area contributed by atoms with Gasteiger partial charge >= 0.3 is 0 Å². The van der Waals surface area contributed by atoms with E-state index in [1.54, 1.807) is 47.6 Å². The largest absolute Gasteiger partial charge is 0.389 e. The number of halogens is 1. The molecule has 7 heteroatoms. The van der Waals surface area contributed by atoms with E-state index in [4.69, 9.17) is 0 Å². The number of aromatic nitrogens is 3. The van der Waals surface area contributed by atoms with Crippen LogP contribution in [0.5, 0.6) is 0 Å². The minimum Gasteiger partial charge on any atom is -0.389 e. The van der Waals surface area contributed by atoms with Gasteiger partial charge in [-0.05, 0) is 48.7 Å². The van der Waals surface area contributed by atoms with Crippen molar-refractivity contribution in [3.8, 4) is 11.4 Å². The third-order valence-corrected chi connectivity index (χ3v) is 5.29. The number of hydrogen-bond acceptors (Lipinski definition) is 5. The van der Waals surface area contributed by atoms with E-state index in [0.29, 0.717) is 49.3 Å². The predicted molar refractivity (Wildman–Crippen MR) is 105 cm³/mol. The van der Waals surface area contributed by atoms with Crippen molar-refractivity contribution >= 4 is 5.91 Å². The SMILES string of the molecule is O=C(c1cccnc1-c1ccncn1)N1CCC(O)(Cc2ccc(F)cc2)CC1. The van der Waals surface area contributed by atoms with E-state index in [9.17, 15) is 14.3 Å². The van der Waals surface area contributed by atoms with Gasteiger partial charge in [0.05, 0.1) is 16.9 Å². The van der Waals surface area contributed by atoms with Gasteiger partial charge < -0.3 is 10.0 Å². The Labute approximate surface area is 168 Å². The summed E-state index contributed by atoms with van der Waals surface area (Å²) in [7, 11) is 0. The number of nitrogens with zero attached hydrogens (tertiary/aromatic N) is 4. The molecule has 0 atom stereocenters. The summed E-state index contributed by atoms with van der Waals surface area (Å²) < 4.78 is 13.1. The predicted octanol–water partition coefficient (Wildman–Crippen LogP) is 2.89. The molecule has 0 unspecified atom stereocenters. The van der Waals surface area contributed by atoms with Gasteiger partial charge in [0.15, 0.2) is 0 Å². The highest BCUT2D eigenvalue weighted by molar-refractivity contribution is 5.99. The first-order valence-electron chi connectivity index (χ1n) is 9.52. The third kappa shape index (κ3) is 4.30. The van der Waals surface area contributed by atoms with Crippen LogP contribution in [0.15, 0.2) is 61.2 Å². The maximum atomic E-state index is 13.1. The topological polar surface area (TPSA) is 79.2 Å². The highest BCUT2D eigenvalue weighted by Crippen LogP contribution is 2.28.